The number of hydrogen-bond donors (Lipinski definition) is 0. The molecule has 1 aromatic rings. The van der Waals surface area contributed by atoms with Gasteiger partial charge < -0.3 is 14.2 Å². The molecule has 3 heteroatoms. The molecule has 1 aliphatic rings. The molecule has 1 aromatic carbocycles. The molecule has 1 aliphatic heterocycles. The van der Waals surface area contributed by atoms with Crippen LogP contribution in [0.5, 0.6) is 11.5 Å². The van der Waals surface area contributed by atoms with Gasteiger partial charge in [-0.2, -0.15) is 0 Å². The summed E-state index contributed by atoms with van der Waals surface area (Å²) in [6.45, 7) is 6.58. The number of methoxy groups -OCH3 is 2. The van der Waals surface area contributed by atoms with Gasteiger partial charge in [0.2, 0.25) is 0 Å². The molecule has 0 amide bonds. The molecule has 0 aliphatic carbocycles. The van der Waals surface area contributed by atoms with E-state index < -0.39 is 0 Å². The van der Waals surface area contributed by atoms with E-state index in [-0.39, 0.29) is 0 Å². The highest BCUT2D eigenvalue weighted by atomic mass is 16.5. The molecular formula is C18H28O3. The zero-order chi connectivity index (χ0) is 15.4. The van der Waals surface area contributed by atoms with Crippen LogP contribution in [-0.2, 0) is 11.2 Å². The fourth-order valence-electron chi connectivity index (χ4n) is 3.21. The van der Waals surface area contributed by atoms with Crippen molar-refractivity contribution in [3.63, 3.8) is 0 Å². The van der Waals surface area contributed by atoms with Gasteiger partial charge in [0.25, 0.3) is 0 Å². The monoisotopic (exact) mass is 292 g/mol. The highest BCUT2D eigenvalue weighted by Crippen LogP contribution is 2.34. The lowest BCUT2D eigenvalue weighted by Gasteiger charge is -2.20. The molecule has 1 heterocycles. The van der Waals surface area contributed by atoms with E-state index in [1.807, 2.05) is 6.07 Å². The number of benzene rings is 1. The highest BCUT2D eigenvalue weighted by Gasteiger charge is 2.26. The predicted octanol–water partition coefficient (Wildman–Crippen LogP) is 4.15. The molecule has 0 radical (unpaired) electrons. The third-order valence-electron chi connectivity index (χ3n) is 4.67. The van der Waals surface area contributed by atoms with Crippen molar-refractivity contribution in [2.45, 2.75) is 58.7 Å². The lowest BCUT2D eigenvalue weighted by Crippen LogP contribution is -2.18. The van der Waals surface area contributed by atoms with Crippen LogP contribution < -0.4 is 9.47 Å². The molecular weight excluding hydrogens is 264 g/mol. The van der Waals surface area contributed by atoms with Crippen molar-refractivity contribution in [2.75, 3.05) is 14.2 Å². The second kappa shape index (κ2) is 7.17. The summed E-state index contributed by atoms with van der Waals surface area (Å²) in [6, 6.07) is 4.15. The van der Waals surface area contributed by atoms with Crippen molar-refractivity contribution in [3.8, 4) is 11.5 Å². The molecule has 0 unspecified atom stereocenters. The lowest BCUT2D eigenvalue weighted by molar-refractivity contribution is 0.0220. The maximum atomic E-state index is 5.98. The van der Waals surface area contributed by atoms with Crippen LogP contribution in [0.25, 0.3) is 0 Å². The molecule has 0 saturated carbocycles. The normalized spacial score (nSPS) is 23.1. The first kappa shape index (κ1) is 16.2. The quantitative estimate of drug-likeness (QED) is 0.788. The zero-order valence-electron chi connectivity index (χ0n) is 13.9. The third-order valence-corrected chi connectivity index (χ3v) is 4.67. The second-order valence-electron chi connectivity index (χ2n) is 6.16. The molecule has 3 nitrogen and oxygen atoms in total. The van der Waals surface area contributed by atoms with Crippen molar-refractivity contribution in [2.24, 2.45) is 5.92 Å². The van der Waals surface area contributed by atoms with Gasteiger partial charge in [0.05, 0.1) is 26.4 Å². The standard InChI is InChI=1S/C18H28O3/c1-12(16-10-7-13(2)21-16)6-8-15-9-11-17(19-4)18(20-5)14(15)3/h9,11-13,16H,6-8,10H2,1-5H3/t12-,13+,16-/m0/s1. The molecule has 1 fully saturated rings. The van der Waals surface area contributed by atoms with Crippen LogP contribution in [-0.4, -0.2) is 26.4 Å². The van der Waals surface area contributed by atoms with E-state index in [0.29, 0.717) is 18.1 Å². The van der Waals surface area contributed by atoms with Crippen LogP contribution in [0.4, 0.5) is 0 Å². The summed E-state index contributed by atoms with van der Waals surface area (Å²) in [7, 11) is 3.38. The van der Waals surface area contributed by atoms with Crippen molar-refractivity contribution in [3.05, 3.63) is 23.3 Å². The van der Waals surface area contributed by atoms with Gasteiger partial charge in [-0.25, -0.2) is 0 Å². The van der Waals surface area contributed by atoms with Crippen LogP contribution in [0.3, 0.4) is 0 Å². The van der Waals surface area contributed by atoms with E-state index in [1.54, 1.807) is 14.2 Å². The summed E-state index contributed by atoms with van der Waals surface area (Å²) in [4.78, 5) is 0. The number of rotatable bonds is 6. The van der Waals surface area contributed by atoms with E-state index in [2.05, 4.69) is 26.8 Å². The minimum absolute atomic E-state index is 0.431. The largest absolute Gasteiger partial charge is 0.493 e. The highest BCUT2D eigenvalue weighted by molar-refractivity contribution is 5.50. The molecule has 3 atom stereocenters. The summed E-state index contributed by atoms with van der Waals surface area (Å²) in [6.07, 6.45) is 5.47. The van der Waals surface area contributed by atoms with Crippen LogP contribution >= 0.6 is 0 Å². The maximum Gasteiger partial charge on any atom is 0.163 e. The Morgan fingerprint density at radius 1 is 1.24 bits per heavy atom. The fraction of sp³-hybridized carbons (Fsp3) is 0.667. The molecule has 1 saturated heterocycles. The summed E-state index contributed by atoms with van der Waals surface area (Å²) in [5.41, 5.74) is 2.52. The van der Waals surface area contributed by atoms with Gasteiger partial charge in [-0.3, -0.25) is 0 Å². The van der Waals surface area contributed by atoms with Gasteiger partial charge in [0.15, 0.2) is 11.5 Å². The summed E-state index contributed by atoms with van der Waals surface area (Å²) < 4.78 is 16.8. The number of aryl methyl sites for hydroxylation is 1. The van der Waals surface area contributed by atoms with E-state index in [1.165, 1.54) is 24.0 Å². The Morgan fingerprint density at radius 3 is 2.57 bits per heavy atom. The molecule has 0 aromatic heterocycles. The van der Waals surface area contributed by atoms with Gasteiger partial charge in [0, 0.05) is 0 Å². The van der Waals surface area contributed by atoms with Crippen molar-refractivity contribution < 1.29 is 14.2 Å². The van der Waals surface area contributed by atoms with Crippen LogP contribution in [0.2, 0.25) is 0 Å². The first-order valence-corrected chi connectivity index (χ1v) is 7.92. The van der Waals surface area contributed by atoms with E-state index in [0.717, 1.165) is 24.3 Å². The smallest absolute Gasteiger partial charge is 0.163 e. The molecule has 118 valence electrons. The van der Waals surface area contributed by atoms with Gasteiger partial charge in [-0.15, -0.1) is 0 Å². The van der Waals surface area contributed by atoms with Crippen LogP contribution in [0.1, 0.15) is 44.2 Å². The predicted molar refractivity (Wildman–Crippen MR) is 85.3 cm³/mol. The topological polar surface area (TPSA) is 27.7 Å². The van der Waals surface area contributed by atoms with Crippen molar-refractivity contribution in [1.82, 2.24) is 0 Å². The SMILES string of the molecule is COc1ccc(CC[C@H](C)[C@@H]2CC[C@@H](C)O2)c(C)c1OC. The summed E-state index contributed by atoms with van der Waals surface area (Å²) in [5, 5.41) is 0. The Bertz CT molecular complexity index is 470. The van der Waals surface area contributed by atoms with Crippen LogP contribution in [0.15, 0.2) is 12.1 Å². The Hall–Kier alpha value is -1.22. The summed E-state index contributed by atoms with van der Waals surface area (Å²) >= 11 is 0. The number of ether oxygens (including phenoxy) is 3. The van der Waals surface area contributed by atoms with E-state index in [9.17, 15) is 0 Å². The van der Waals surface area contributed by atoms with Crippen molar-refractivity contribution in [1.29, 1.82) is 0 Å². The molecule has 0 bridgehead atoms. The van der Waals surface area contributed by atoms with E-state index >= 15 is 0 Å². The Morgan fingerprint density at radius 2 is 2.00 bits per heavy atom. The first-order chi connectivity index (χ1) is 10.1. The molecule has 0 spiro atoms. The maximum absolute atomic E-state index is 5.98. The van der Waals surface area contributed by atoms with Gasteiger partial charge in [-0.05, 0) is 62.6 Å². The van der Waals surface area contributed by atoms with E-state index in [4.69, 9.17) is 14.2 Å². The van der Waals surface area contributed by atoms with Crippen molar-refractivity contribution >= 4 is 0 Å². The van der Waals surface area contributed by atoms with Gasteiger partial charge in [-0.1, -0.05) is 13.0 Å². The van der Waals surface area contributed by atoms with Gasteiger partial charge >= 0.3 is 0 Å². The molecule has 21 heavy (non-hydrogen) atoms. The minimum atomic E-state index is 0.431. The summed E-state index contributed by atoms with van der Waals surface area (Å²) in [5.74, 6) is 2.26. The Labute approximate surface area is 128 Å². The Balaban J connectivity index is 2.00. The zero-order valence-corrected chi connectivity index (χ0v) is 13.9. The average molecular weight is 292 g/mol. The number of hydrogen-bond acceptors (Lipinski definition) is 3. The molecule has 0 N–H and O–H groups in total. The second-order valence-corrected chi connectivity index (χ2v) is 6.16. The molecule has 2 rings (SSSR count). The van der Waals surface area contributed by atoms with Crippen LogP contribution in [0, 0.1) is 12.8 Å². The third kappa shape index (κ3) is 3.70. The lowest BCUT2D eigenvalue weighted by atomic mass is 9.92. The Kier molecular flexibility index (Phi) is 5.51. The van der Waals surface area contributed by atoms with Gasteiger partial charge in [0.1, 0.15) is 0 Å². The first-order valence-electron chi connectivity index (χ1n) is 7.92. The average Bonchev–Trinajstić information content (AvgIpc) is 2.92. The minimum Gasteiger partial charge on any atom is -0.493 e. The fourth-order valence-corrected chi connectivity index (χ4v) is 3.21.